The van der Waals surface area contributed by atoms with Gasteiger partial charge in [0.1, 0.15) is 5.60 Å². The number of carbonyl (C=O) groups excluding carboxylic acids is 1. The number of hydrogen-bond acceptors (Lipinski definition) is 5. The van der Waals surface area contributed by atoms with Gasteiger partial charge in [0.2, 0.25) is 5.88 Å². The summed E-state index contributed by atoms with van der Waals surface area (Å²) in [4.78, 5) is 21.0. The van der Waals surface area contributed by atoms with E-state index in [1.54, 1.807) is 19.4 Å². The highest BCUT2D eigenvalue weighted by Crippen LogP contribution is 2.46. The standard InChI is InChI=1S/C17H21N3O3/c1-17(2,3)23-16(21)19-12-9-18-11-7-8-13(22-4)20-15(11)14(12)10-5-6-10/h7-10H,5-6H2,1-4H3,(H,19,21). The quantitative estimate of drug-likeness (QED) is 0.931. The lowest BCUT2D eigenvalue weighted by molar-refractivity contribution is 0.0636. The van der Waals surface area contributed by atoms with Gasteiger partial charge in [0.15, 0.2) is 0 Å². The maximum Gasteiger partial charge on any atom is 0.412 e. The highest BCUT2D eigenvalue weighted by Gasteiger charge is 2.30. The highest BCUT2D eigenvalue weighted by atomic mass is 16.6. The van der Waals surface area contributed by atoms with Crippen LogP contribution in [0.15, 0.2) is 18.3 Å². The topological polar surface area (TPSA) is 73.3 Å². The van der Waals surface area contributed by atoms with E-state index < -0.39 is 11.7 Å². The molecule has 0 radical (unpaired) electrons. The van der Waals surface area contributed by atoms with Crippen LogP contribution in [-0.2, 0) is 4.74 Å². The van der Waals surface area contributed by atoms with E-state index in [1.807, 2.05) is 26.8 Å². The number of fused-ring (bicyclic) bond motifs is 1. The zero-order valence-corrected chi connectivity index (χ0v) is 13.8. The number of rotatable bonds is 3. The summed E-state index contributed by atoms with van der Waals surface area (Å²) in [5.74, 6) is 0.931. The van der Waals surface area contributed by atoms with Crippen molar-refractivity contribution in [3.8, 4) is 5.88 Å². The number of carbonyl (C=O) groups is 1. The summed E-state index contributed by atoms with van der Waals surface area (Å²) in [7, 11) is 1.58. The van der Waals surface area contributed by atoms with Crippen molar-refractivity contribution in [3.05, 3.63) is 23.9 Å². The van der Waals surface area contributed by atoms with Crippen LogP contribution in [0.3, 0.4) is 0 Å². The molecular formula is C17H21N3O3. The molecule has 0 saturated heterocycles. The summed E-state index contributed by atoms with van der Waals surface area (Å²) in [6, 6.07) is 3.66. The predicted octanol–water partition coefficient (Wildman–Crippen LogP) is 3.86. The third-order valence-electron chi connectivity index (χ3n) is 3.56. The van der Waals surface area contributed by atoms with Crippen molar-refractivity contribution >= 4 is 22.8 Å². The fourth-order valence-corrected chi connectivity index (χ4v) is 2.48. The molecule has 0 atom stereocenters. The van der Waals surface area contributed by atoms with Crippen LogP contribution in [0, 0.1) is 0 Å². The first kappa shape index (κ1) is 15.5. The molecule has 122 valence electrons. The molecule has 23 heavy (non-hydrogen) atoms. The molecule has 0 aliphatic heterocycles. The number of pyridine rings is 2. The van der Waals surface area contributed by atoms with Gasteiger partial charge in [-0.3, -0.25) is 10.3 Å². The number of amides is 1. The molecule has 1 fully saturated rings. The Balaban J connectivity index is 1.99. The van der Waals surface area contributed by atoms with E-state index >= 15 is 0 Å². The van der Waals surface area contributed by atoms with Gasteiger partial charge >= 0.3 is 6.09 Å². The Morgan fingerprint density at radius 1 is 1.30 bits per heavy atom. The van der Waals surface area contributed by atoms with Gasteiger partial charge in [-0.2, -0.15) is 0 Å². The van der Waals surface area contributed by atoms with Gasteiger partial charge < -0.3 is 9.47 Å². The molecule has 6 heteroatoms. The van der Waals surface area contributed by atoms with E-state index in [2.05, 4.69) is 15.3 Å². The summed E-state index contributed by atoms with van der Waals surface area (Å²) in [6.07, 6.45) is 3.36. The van der Waals surface area contributed by atoms with E-state index in [0.29, 0.717) is 17.5 Å². The molecule has 0 bridgehead atoms. The number of anilines is 1. The second kappa shape index (κ2) is 5.68. The fourth-order valence-electron chi connectivity index (χ4n) is 2.48. The molecule has 1 saturated carbocycles. The second-order valence-electron chi connectivity index (χ2n) is 6.71. The fraction of sp³-hybridized carbons (Fsp3) is 0.471. The lowest BCUT2D eigenvalue weighted by Gasteiger charge is -2.20. The van der Waals surface area contributed by atoms with Crippen molar-refractivity contribution in [1.82, 2.24) is 9.97 Å². The minimum atomic E-state index is -0.546. The van der Waals surface area contributed by atoms with Gasteiger partial charge in [-0.15, -0.1) is 0 Å². The third kappa shape index (κ3) is 3.52. The summed E-state index contributed by atoms with van der Waals surface area (Å²) in [5, 5.41) is 2.81. The van der Waals surface area contributed by atoms with Crippen molar-refractivity contribution in [2.45, 2.75) is 45.1 Å². The number of aromatic nitrogens is 2. The van der Waals surface area contributed by atoms with E-state index in [9.17, 15) is 4.79 Å². The predicted molar refractivity (Wildman–Crippen MR) is 87.9 cm³/mol. The number of methoxy groups -OCH3 is 1. The van der Waals surface area contributed by atoms with Gasteiger partial charge in [-0.1, -0.05) is 0 Å². The highest BCUT2D eigenvalue weighted by molar-refractivity contribution is 5.92. The van der Waals surface area contributed by atoms with E-state index in [-0.39, 0.29) is 0 Å². The largest absolute Gasteiger partial charge is 0.481 e. The third-order valence-corrected chi connectivity index (χ3v) is 3.56. The molecule has 2 aromatic rings. The first-order valence-electron chi connectivity index (χ1n) is 7.71. The molecule has 6 nitrogen and oxygen atoms in total. The molecule has 1 aliphatic rings. The van der Waals surface area contributed by atoms with Crippen molar-refractivity contribution < 1.29 is 14.3 Å². The number of hydrogen-bond donors (Lipinski definition) is 1. The summed E-state index contributed by atoms with van der Waals surface area (Å²) in [5.41, 5.74) is 2.70. The van der Waals surface area contributed by atoms with Crippen LogP contribution < -0.4 is 10.1 Å². The molecule has 0 unspecified atom stereocenters. The SMILES string of the molecule is COc1ccc2ncc(NC(=O)OC(C)(C)C)c(C3CC3)c2n1. The first-order chi connectivity index (χ1) is 10.9. The lowest BCUT2D eigenvalue weighted by atomic mass is 10.1. The number of nitrogens with zero attached hydrogens (tertiary/aromatic N) is 2. The van der Waals surface area contributed by atoms with Crippen LogP contribution >= 0.6 is 0 Å². The average Bonchev–Trinajstić information content (AvgIpc) is 3.28. The van der Waals surface area contributed by atoms with Crippen LogP contribution in [0.5, 0.6) is 5.88 Å². The van der Waals surface area contributed by atoms with E-state index in [0.717, 1.165) is 29.4 Å². The van der Waals surface area contributed by atoms with Gasteiger partial charge in [-0.05, 0) is 45.6 Å². The van der Waals surface area contributed by atoms with Gasteiger partial charge in [0, 0.05) is 11.6 Å². The Kier molecular flexibility index (Phi) is 3.83. The Morgan fingerprint density at radius 2 is 2.04 bits per heavy atom. The minimum Gasteiger partial charge on any atom is -0.481 e. The van der Waals surface area contributed by atoms with Crippen molar-refractivity contribution in [2.75, 3.05) is 12.4 Å². The number of ether oxygens (including phenoxy) is 2. The Bertz CT molecular complexity index is 749. The van der Waals surface area contributed by atoms with Gasteiger partial charge in [0.05, 0.1) is 30.0 Å². The van der Waals surface area contributed by atoms with Crippen molar-refractivity contribution in [2.24, 2.45) is 0 Å². The Morgan fingerprint density at radius 3 is 2.65 bits per heavy atom. The molecule has 1 N–H and O–H groups in total. The molecule has 2 heterocycles. The van der Waals surface area contributed by atoms with Gasteiger partial charge in [0.25, 0.3) is 0 Å². The zero-order chi connectivity index (χ0) is 16.6. The second-order valence-corrected chi connectivity index (χ2v) is 6.71. The first-order valence-corrected chi connectivity index (χ1v) is 7.71. The molecule has 0 aromatic carbocycles. The van der Waals surface area contributed by atoms with Crippen LogP contribution in [0.2, 0.25) is 0 Å². The van der Waals surface area contributed by atoms with Gasteiger partial charge in [-0.25, -0.2) is 9.78 Å². The molecular weight excluding hydrogens is 294 g/mol. The maximum absolute atomic E-state index is 12.1. The summed E-state index contributed by atoms with van der Waals surface area (Å²) < 4.78 is 10.5. The van der Waals surface area contributed by atoms with E-state index in [4.69, 9.17) is 9.47 Å². The van der Waals surface area contributed by atoms with Crippen molar-refractivity contribution in [3.63, 3.8) is 0 Å². The Labute approximate surface area is 135 Å². The van der Waals surface area contributed by atoms with Crippen LogP contribution in [0.1, 0.15) is 45.1 Å². The summed E-state index contributed by atoms with van der Waals surface area (Å²) in [6.45, 7) is 5.50. The normalized spacial score (nSPS) is 14.6. The maximum atomic E-state index is 12.1. The molecule has 2 aromatic heterocycles. The van der Waals surface area contributed by atoms with E-state index in [1.165, 1.54) is 0 Å². The smallest absolute Gasteiger partial charge is 0.412 e. The molecule has 3 rings (SSSR count). The van der Waals surface area contributed by atoms with Crippen LogP contribution in [0.4, 0.5) is 10.5 Å². The number of nitrogens with one attached hydrogen (secondary N) is 1. The molecule has 1 aliphatic carbocycles. The molecule has 0 spiro atoms. The van der Waals surface area contributed by atoms with Crippen LogP contribution in [0.25, 0.3) is 11.0 Å². The van der Waals surface area contributed by atoms with Crippen LogP contribution in [-0.4, -0.2) is 28.8 Å². The monoisotopic (exact) mass is 315 g/mol. The van der Waals surface area contributed by atoms with Crippen molar-refractivity contribution in [1.29, 1.82) is 0 Å². The minimum absolute atomic E-state index is 0.394. The Hall–Kier alpha value is -2.37. The lowest BCUT2D eigenvalue weighted by Crippen LogP contribution is -2.27. The molecule has 1 amide bonds. The summed E-state index contributed by atoms with van der Waals surface area (Å²) >= 11 is 0. The average molecular weight is 315 g/mol. The zero-order valence-electron chi connectivity index (χ0n) is 13.8.